The number of hydrogen-bond donors (Lipinski definition) is 4. The number of phenolic OH excluding ortho intramolecular Hbond substituents is 3. The van der Waals surface area contributed by atoms with Crippen LogP contribution in [-0.4, -0.2) is 28.3 Å². The normalized spacial score (nSPS) is 12.0. The number of aryl methyl sites for hydroxylation is 1. The van der Waals surface area contributed by atoms with E-state index in [1.54, 1.807) is 0 Å². The minimum Gasteiger partial charge on any atom is -0.508 e. The Balaban J connectivity index is 1.98. The highest BCUT2D eigenvalue weighted by atomic mass is 35.5. The average Bonchev–Trinajstić information content (AvgIpc) is 2.77. The van der Waals surface area contributed by atoms with Crippen LogP contribution in [0, 0.1) is 0 Å². The van der Waals surface area contributed by atoms with Crippen LogP contribution in [0.25, 0.3) is 0 Å². The molecule has 34 heavy (non-hydrogen) atoms. The van der Waals surface area contributed by atoms with Crippen LogP contribution in [-0.2, 0) is 16.5 Å². The Morgan fingerprint density at radius 2 is 1.32 bits per heavy atom. The molecule has 0 saturated heterocycles. The Morgan fingerprint density at radius 1 is 0.765 bits per heavy atom. The molecule has 0 unspecified atom stereocenters. The number of phenols is 3. The fraction of sp³-hybridized carbons (Fsp3) is 0.500. The summed E-state index contributed by atoms with van der Waals surface area (Å²) in [5.74, 6) is -0.905. The van der Waals surface area contributed by atoms with Crippen molar-refractivity contribution in [1.82, 2.24) is 0 Å². The number of azo groups is 1. The van der Waals surface area contributed by atoms with Gasteiger partial charge in [0.2, 0.25) is 0 Å². The molecule has 0 bridgehead atoms. The summed E-state index contributed by atoms with van der Waals surface area (Å²) in [6, 6.07) is 4.45. The number of halogens is 1. The number of benzene rings is 2. The lowest BCUT2D eigenvalue weighted by molar-refractivity contribution is 0.445. The molecule has 0 aromatic heterocycles. The molecule has 0 aliphatic carbocycles. The van der Waals surface area contributed by atoms with Crippen LogP contribution in [0.1, 0.15) is 76.7 Å². The molecule has 0 fully saturated rings. The molecule has 0 spiro atoms. The van der Waals surface area contributed by atoms with E-state index in [0.717, 1.165) is 31.4 Å². The van der Waals surface area contributed by atoms with E-state index in [1.807, 2.05) is 0 Å². The van der Waals surface area contributed by atoms with Gasteiger partial charge in [-0.3, -0.25) is 4.55 Å². The van der Waals surface area contributed by atoms with Crippen LogP contribution in [0.15, 0.2) is 39.4 Å². The maximum atomic E-state index is 11.4. The fourth-order valence-corrected chi connectivity index (χ4v) is 4.39. The molecule has 0 aliphatic rings. The lowest BCUT2D eigenvalue weighted by Crippen LogP contribution is -1.97. The van der Waals surface area contributed by atoms with E-state index in [4.69, 9.17) is 11.6 Å². The second-order valence-corrected chi connectivity index (χ2v) is 10.2. The molecule has 2 rings (SSSR count). The van der Waals surface area contributed by atoms with Gasteiger partial charge in [-0.05, 0) is 36.6 Å². The Labute approximate surface area is 206 Å². The first-order chi connectivity index (χ1) is 16.1. The average molecular weight is 513 g/mol. The Hall–Kier alpha value is -2.36. The molecule has 10 heteroatoms. The third-order valence-corrected chi connectivity index (χ3v) is 6.68. The summed E-state index contributed by atoms with van der Waals surface area (Å²) >= 11 is 5.81. The number of aromatic hydroxyl groups is 3. The molecule has 188 valence electrons. The number of rotatable bonds is 14. The third kappa shape index (κ3) is 8.77. The lowest BCUT2D eigenvalue weighted by Gasteiger charge is -2.08. The van der Waals surface area contributed by atoms with Crippen molar-refractivity contribution in [2.24, 2.45) is 10.2 Å². The second-order valence-electron chi connectivity index (χ2n) is 8.35. The maximum Gasteiger partial charge on any atom is 0.294 e. The Morgan fingerprint density at radius 3 is 1.91 bits per heavy atom. The molecule has 8 nitrogen and oxygen atoms in total. The molecule has 4 N–H and O–H groups in total. The van der Waals surface area contributed by atoms with Crippen LogP contribution in [0.5, 0.6) is 17.2 Å². The topological polar surface area (TPSA) is 140 Å². The van der Waals surface area contributed by atoms with Crippen LogP contribution in [0.2, 0.25) is 5.02 Å². The third-order valence-electron chi connectivity index (χ3n) is 5.56. The zero-order chi connectivity index (χ0) is 25.1. The van der Waals surface area contributed by atoms with Crippen molar-refractivity contribution in [2.75, 3.05) is 0 Å². The summed E-state index contributed by atoms with van der Waals surface area (Å²) in [6.07, 6.45) is 12.5. The molecule has 2 aromatic rings. The summed E-state index contributed by atoms with van der Waals surface area (Å²) in [5, 5.41) is 37.6. The summed E-state index contributed by atoms with van der Waals surface area (Å²) in [6.45, 7) is 2.21. The van der Waals surface area contributed by atoms with Crippen molar-refractivity contribution in [3.63, 3.8) is 0 Å². The largest absolute Gasteiger partial charge is 0.508 e. The van der Waals surface area contributed by atoms with Gasteiger partial charge in [-0.25, -0.2) is 0 Å². The molecular formula is C24H33ClN2O6S. The van der Waals surface area contributed by atoms with Crippen LogP contribution >= 0.6 is 11.6 Å². The van der Waals surface area contributed by atoms with Crippen LogP contribution < -0.4 is 0 Å². The number of hydrogen-bond acceptors (Lipinski definition) is 7. The van der Waals surface area contributed by atoms with E-state index < -0.39 is 20.8 Å². The minimum absolute atomic E-state index is 0.0349. The molecule has 0 radical (unpaired) electrons. The van der Waals surface area contributed by atoms with Crippen molar-refractivity contribution in [3.05, 3.63) is 34.9 Å². The molecule has 0 amide bonds. The first kappa shape index (κ1) is 27.9. The minimum atomic E-state index is -4.57. The van der Waals surface area contributed by atoms with E-state index in [-0.39, 0.29) is 27.9 Å². The van der Waals surface area contributed by atoms with E-state index in [1.165, 1.54) is 57.1 Å². The molecular weight excluding hydrogens is 480 g/mol. The van der Waals surface area contributed by atoms with Gasteiger partial charge in [0.25, 0.3) is 10.1 Å². The highest BCUT2D eigenvalue weighted by Gasteiger charge is 2.17. The summed E-state index contributed by atoms with van der Waals surface area (Å²) in [5.41, 5.74) is 0.330. The number of nitrogens with zero attached hydrogens (tertiary/aromatic N) is 2. The van der Waals surface area contributed by atoms with Gasteiger partial charge in [0, 0.05) is 6.07 Å². The zero-order valence-electron chi connectivity index (χ0n) is 19.4. The van der Waals surface area contributed by atoms with Gasteiger partial charge in [-0.1, -0.05) is 76.3 Å². The standard InChI is InChI=1S/C24H33ClN2O6S/c1-2-3-4-5-6-7-8-9-10-11-12-17-13-20(23(29)16-22(17)28)26-27-21-15-18(34(31,32)33)14-19(25)24(21)30/h13-16,28-30H,2-12H2,1H3,(H,31,32,33). The van der Waals surface area contributed by atoms with Gasteiger partial charge in [0.15, 0.2) is 5.75 Å². The van der Waals surface area contributed by atoms with Gasteiger partial charge >= 0.3 is 0 Å². The summed E-state index contributed by atoms with van der Waals surface area (Å²) in [4.78, 5) is -0.555. The predicted octanol–water partition coefficient (Wildman–Crippen LogP) is 7.58. The summed E-state index contributed by atoms with van der Waals surface area (Å²) in [7, 11) is -4.57. The predicted molar refractivity (Wildman–Crippen MR) is 132 cm³/mol. The highest BCUT2D eigenvalue weighted by molar-refractivity contribution is 7.85. The summed E-state index contributed by atoms with van der Waals surface area (Å²) < 4.78 is 32.0. The van der Waals surface area contributed by atoms with Gasteiger partial charge in [0.05, 0.1) is 9.92 Å². The van der Waals surface area contributed by atoms with Crippen molar-refractivity contribution in [1.29, 1.82) is 0 Å². The molecule has 0 saturated carbocycles. The van der Waals surface area contributed by atoms with Gasteiger partial charge in [0.1, 0.15) is 22.9 Å². The molecule has 0 atom stereocenters. The lowest BCUT2D eigenvalue weighted by atomic mass is 10.0. The zero-order valence-corrected chi connectivity index (χ0v) is 20.9. The molecule has 2 aromatic carbocycles. The van der Waals surface area contributed by atoms with Gasteiger partial charge < -0.3 is 15.3 Å². The smallest absolute Gasteiger partial charge is 0.294 e. The SMILES string of the molecule is CCCCCCCCCCCCc1cc(N=Nc2cc(S(=O)(=O)O)cc(Cl)c2O)c(O)cc1O. The first-order valence-electron chi connectivity index (χ1n) is 11.6. The second kappa shape index (κ2) is 13.5. The van der Waals surface area contributed by atoms with Crippen molar-refractivity contribution in [2.45, 2.75) is 82.4 Å². The maximum absolute atomic E-state index is 11.4. The van der Waals surface area contributed by atoms with Crippen molar-refractivity contribution in [3.8, 4) is 17.2 Å². The van der Waals surface area contributed by atoms with E-state index in [2.05, 4.69) is 17.2 Å². The van der Waals surface area contributed by atoms with E-state index in [0.29, 0.717) is 12.0 Å². The van der Waals surface area contributed by atoms with Crippen molar-refractivity contribution >= 4 is 33.1 Å². The molecule has 0 aliphatic heterocycles. The molecule has 0 heterocycles. The van der Waals surface area contributed by atoms with Gasteiger partial charge in [-0.2, -0.15) is 8.42 Å². The van der Waals surface area contributed by atoms with Gasteiger partial charge in [-0.15, -0.1) is 10.2 Å². The van der Waals surface area contributed by atoms with E-state index >= 15 is 0 Å². The van der Waals surface area contributed by atoms with E-state index in [9.17, 15) is 28.3 Å². The van der Waals surface area contributed by atoms with Crippen LogP contribution in [0.3, 0.4) is 0 Å². The Kier molecular flexibility index (Phi) is 11.1. The quantitative estimate of drug-likeness (QED) is 0.117. The monoisotopic (exact) mass is 512 g/mol. The first-order valence-corrected chi connectivity index (χ1v) is 13.4. The fourth-order valence-electron chi connectivity index (χ4n) is 3.59. The van der Waals surface area contributed by atoms with Crippen molar-refractivity contribution < 1.29 is 28.3 Å². The highest BCUT2D eigenvalue weighted by Crippen LogP contribution is 2.39. The number of unbranched alkanes of at least 4 members (excludes halogenated alkanes) is 9. The van der Waals surface area contributed by atoms with Crippen LogP contribution in [0.4, 0.5) is 11.4 Å². The Bertz CT molecular complexity index is 1090.